The molecule has 0 bridgehead atoms. The Balaban J connectivity index is 1.79. The number of pyridine rings is 2. The zero-order chi connectivity index (χ0) is 22.3. The van der Waals surface area contributed by atoms with E-state index in [0.29, 0.717) is 16.9 Å². The molecule has 3 heterocycles. The highest BCUT2D eigenvalue weighted by Gasteiger charge is 2.25. The van der Waals surface area contributed by atoms with E-state index >= 15 is 4.39 Å². The molecule has 4 aromatic rings. The van der Waals surface area contributed by atoms with Crippen LogP contribution in [0.2, 0.25) is 5.02 Å². The minimum Gasteiger partial charge on any atom is -0.480 e. The van der Waals surface area contributed by atoms with E-state index in [4.69, 9.17) is 22.1 Å². The summed E-state index contributed by atoms with van der Waals surface area (Å²) in [6.07, 6.45) is 1.20. The van der Waals surface area contributed by atoms with Gasteiger partial charge in [0.2, 0.25) is 5.88 Å². The third kappa shape index (κ3) is 3.84. The van der Waals surface area contributed by atoms with Gasteiger partial charge in [-0.2, -0.15) is 0 Å². The molecule has 8 nitrogen and oxygen atoms in total. The third-order valence-corrected chi connectivity index (χ3v) is 5.93. The van der Waals surface area contributed by atoms with Crippen LogP contribution >= 0.6 is 11.6 Å². The summed E-state index contributed by atoms with van der Waals surface area (Å²) in [5, 5.41) is 0.684. The third-order valence-electron chi connectivity index (χ3n) is 4.36. The highest BCUT2D eigenvalue weighted by atomic mass is 35.5. The van der Waals surface area contributed by atoms with Crippen LogP contribution in [-0.2, 0) is 10.0 Å². The van der Waals surface area contributed by atoms with Gasteiger partial charge in [-0.05, 0) is 36.4 Å². The smallest absolute Gasteiger partial charge is 0.267 e. The van der Waals surface area contributed by atoms with Gasteiger partial charge in [0.15, 0.2) is 10.7 Å². The van der Waals surface area contributed by atoms with Crippen molar-refractivity contribution in [2.45, 2.75) is 4.90 Å². The molecule has 31 heavy (non-hydrogen) atoms. The van der Waals surface area contributed by atoms with E-state index in [0.717, 1.165) is 18.2 Å². The van der Waals surface area contributed by atoms with Gasteiger partial charge in [-0.3, -0.25) is 4.72 Å². The van der Waals surface area contributed by atoms with Gasteiger partial charge in [0.05, 0.1) is 29.1 Å². The van der Waals surface area contributed by atoms with Crippen LogP contribution in [0.1, 0.15) is 0 Å². The number of halogens is 3. The average molecular weight is 466 g/mol. The Morgan fingerprint density at radius 1 is 1.19 bits per heavy atom. The van der Waals surface area contributed by atoms with E-state index in [9.17, 15) is 12.8 Å². The van der Waals surface area contributed by atoms with Crippen LogP contribution in [0.4, 0.5) is 20.3 Å². The summed E-state index contributed by atoms with van der Waals surface area (Å²) >= 11 is 5.84. The fourth-order valence-corrected chi connectivity index (χ4v) is 4.41. The van der Waals surface area contributed by atoms with Gasteiger partial charge in [0.1, 0.15) is 17.3 Å². The molecule has 0 unspecified atom stereocenters. The topological polar surface area (TPSA) is 123 Å². The van der Waals surface area contributed by atoms with Crippen molar-refractivity contribution in [2.24, 2.45) is 0 Å². The van der Waals surface area contributed by atoms with Gasteiger partial charge in [-0.25, -0.2) is 27.2 Å². The van der Waals surface area contributed by atoms with Crippen molar-refractivity contribution < 1.29 is 21.9 Å². The summed E-state index contributed by atoms with van der Waals surface area (Å²) in [6, 6.07) is 7.60. The summed E-state index contributed by atoms with van der Waals surface area (Å²) < 4.78 is 62.4. The lowest BCUT2D eigenvalue weighted by molar-refractivity contribution is 0.385. The van der Waals surface area contributed by atoms with Crippen molar-refractivity contribution in [3.05, 3.63) is 59.3 Å². The molecule has 0 amide bonds. The van der Waals surface area contributed by atoms with Crippen LogP contribution in [0.15, 0.2) is 47.5 Å². The number of nitrogens with zero attached hydrogens (tertiary/aromatic N) is 2. The van der Waals surface area contributed by atoms with E-state index in [1.54, 1.807) is 12.1 Å². The Morgan fingerprint density at radius 2 is 1.97 bits per heavy atom. The number of H-pyrrole nitrogens is 1. The molecule has 3 aromatic heterocycles. The van der Waals surface area contributed by atoms with Gasteiger partial charge in [0.25, 0.3) is 10.0 Å². The first kappa shape index (κ1) is 20.8. The summed E-state index contributed by atoms with van der Waals surface area (Å²) in [7, 11) is -3.15. The normalized spacial score (nSPS) is 11.6. The lowest BCUT2D eigenvalue weighted by atomic mass is 10.1. The van der Waals surface area contributed by atoms with Gasteiger partial charge < -0.3 is 15.5 Å². The van der Waals surface area contributed by atoms with Crippen molar-refractivity contribution in [1.82, 2.24) is 15.0 Å². The lowest BCUT2D eigenvalue weighted by Crippen LogP contribution is -2.16. The predicted molar refractivity (Wildman–Crippen MR) is 112 cm³/mol. The second-order valence-corrected chi connectivity index (χ2v) is 8.50. The minimum absolute atomic E-state index is 0.0316. The number of anilines is 2. The highest BCUT2D eigenvalue weighted by molar-refractivity contribution is 7.92. The number of nitrogens with two attached hydrogens (primary N) is 1. The number of aromatic nitrogens is 3. The molecular weight excluding hydrogens is 452 g/mol. The van der Waals surface area contributed by atoms with Gasteiger partial charge in [0, 0.05) is 11.6 Å². The first-order valence-corrected chi connectivity index (χ1v) is 10.5. The number of ether oxygens (including phenoxy) is 1. The summed E-state index contributed by atoms with van der Waals surface area (Å²) in [4.78, 5) is 10.3. The Bertz CT molecular complexity index is 1430. The molecule has 0 aliphatic rings. The summed E-state index contributed by atoms with van der Waals surface area (Å²) in [6.45, 7) is 0. The maximum Gasteiger partial charge on any atom is 0.267 e. The summed E-state index contributed by atoms with van der Waals surface area (Å²) in [5.74, 6) is -1.97. The first-order chi connectivity index (χ1) is 14.7. The van der Waals surface area contributed by atoms with E-state index in [1.807, 2.05) is 0 Å². The fourth-order valence-electron chi connectivity index (χ4n) is 2.99. The molecule has 4 N–H and O–H groups in total. The maximum absolute atomic E-state index is 15.2. The molecule has 0 aliphatic heterocycles. The summed E-state index contributed by atoms with van der Waals surface area (Å²) in [5.41, 5.74) is 4.95. The zero-order valence-corrected chi connectivity index (χ0v) is 17.4. The molecule has 160 valence electrons. The number of rotatable bonds is 5. The van der Waals surface area contributed by atoms with Crippen molar-refractivity contribution in [3.63, 3.8) is 0 Å². The Morgan fingerprint density at radius 3 is 2.71 bits per heavy atom. The SMILES string of the molecule is COc1ncc(Cl)cc1S(=O)(=O)Nc1ccc(F)c(-c2ccc3cc(N)[nH]c3n2)c1F. The standard InChI is InChI=1S/C19H14ClF2N5O3S/c1-30-19-14(7-10(20)8-24-19)31(28,29)27-13-5-3-11(21)16(17(13)22)12-4-2-9-6-15(23)26-18(9)25-12/h2-8,27H,23H2,1H3,(H,25,26). The Kier molecular flexibility index (Phi) is 5.15. The van der Waals surface area contributed by atoms with Gasteiger partial charge >= 0.3 is 0 Å². The molecule has 0 radical (unpaired) electrons. The number of benzene rings is 1. The van der Waals surface area contributed by atoms with E-state index in [2.05, 4.69) is 19.7 Å². The van der Waals surface area contributed by atoms with E-state index in [1.165, 1.54) is 19.4 Å². The van der Waals surface area contributed by atoms with Gasteiger partial charge in [-0.1, -0.05) is 11.6 Å². The molecule has 0 spiro atoms. The Hall–Kier alpha value is -3.44. The molecule has 0 aliphatic carbocycles. The van der Waals surface area contributed by atoms with Crippen LogP contribution in [0, 0.1) is 11.6 Å². The van der Waals surface area contributed by atoms with E-state index < -0.39 is 37.8 Å². The second kappa shape index (κ2) is 7.67. The fraction of sp³-hybridized carbons (Fsp3) is 0.0526. The monoisotopic (exact) mass is 465 g/mol. The quantitative estimate of drug-likeness (QED) is 0.410. The van der Waals surface area contributed by atoms with Crippen LogP contribution < -0.4 is 15.2 Å². The van der Waals surface area contributed by atoms with Crippen molar-refractivity contribution >= 4 is 44.2 Å². The molecule has 4 rings (SSSR count). The predicted octanol–water partition coefficient (Wildman–Crippen LogP) is 3.95. The lowest BCUT2D eigenvalue weighted by Gasteiger charge is -2.13. The van der Waals surface area contributed by atoms with Gasteiger partial charge in [-0.15, -0.1) is 0 Å². The van der Waals surface area contributed by atoms with Crippen LogP contribution in [-0.4, -0.2) is 30.5 Å². The first-order valence-electron chi connectivity index (χ1n) is 8.65. The molecule has 1 aromatic carbocycles. The number of fused-ring (bicyclic) bond motifs is 1. The molecular formula is C19H14ClF2N5O3S. The van der Waals surface area contributed by atoms with Crippen molar-refractivity contribution in [2.75, 3.05) is 17.6 Å². The van der Waals surface area contributed by atoms with E-state index in [-0.39, 0.29) is 16.6 Å². The molecule has 0 saturated heterocycles. The molecule has 0 fully saturated rings. The van der Waals surface area contributed by atoms with Crippen LogP contribution in [0.3, 0.4) is 0 Å². The van der Waals surface area contributed by atoms with Crippen LogP contribution in [0.5, 0.6) is 5.88 Å². The number of nitrogen functional groups attached to an aromatic ring is 1. The second-order valence-electron chi connectivity index (χ2n) is 6.41. The zero-order valence-electron chi connectivity index (χ0n) is 15.8. The minimum atomic E-state index is -4.37. The average Bonchev–Trinajstić information content (AvgIpc) is 3.09. The number of aromatic amines is 1. The number of sulfonamides is 1. The number of nitrogens with one attached hydrogen (secondary N) is 2. The largest absolute Gasteiger partial charge is 0.480 e. The number of methoxy groups -OCH3 is 1. The molecule has 12 heteroatoms. The molecule has 0 saturated carbocycles. The van der Waals surface area contributed by atoms with Crippen molar-refractivity contribution in [1.29, 1.82) is 0 Å². The van der Waals surface area contributed by atoms with Crippen molar-refractivity contribution in [3.8, 4) is 17.1 Å². The number of hydrogen-bond donors (Lipinski definition) is 3. The van der Waals surface area contributed by atoms with Crippen LogP contribution in [0.25, 0.3) is 22.3 Å². The number of hydrogen-bond acceptors (Lipinski definition) is 6. The highest BCUT2D eigenvalue weighted by Crippen LogP contribution is 2.33. The Labute approximate surface area is 180 Å². The maximum atomic E-state index is 15.2. The molecule has 0 atom stereocenters.